The summed E-state index contributed by atoms with van der Waals surface area (Å²) in [4.78, 5) is 19.1. The molecule has 23 heavy (non-hydrogen) atoms. The Morgan fingerprint density at radius 3 is 2.87 bits per heavy atom. The van der Waals surface area contributed by atoms with Crippen LogP contribution in [0, 0.1) is 19.8 Å². The molecule has 122 valence electrons. The van der Waals surface area contributed by atoms with Gasteiger partial charge in [-0.25, -0.2) is 0 Å². The quantitative estimate of drug-likeness (QED) is 0.939. The maximum atomic E-state index is 12.8. The molecule has 5 nitrogen and oxygen atoms in total. The van der Waals surface area contributed by atoms with Crippen molar-refractivity contribution in [2.75, 3.05) is 19.6 Å². The molecule has 1 fully saturated rings. The molecule has 1 amide bonds. The standard InChI is InChI=1S/C18H24N4O/c1-13-9-17(18(23)21-8-6-15(10-19)11-21)14(2)22(13)12-16-5-3-4-7-20-16/h3-5,7,9,15H,6,8,10-12,19H2,1-2H3. The minimum absolute atomic E-state index is 0.126. The van der Waals surface area contributed by atoms with Crippen molar-refractivity contribution < 1.29 is 4.79 Å². The first-order valence-corrected chi connectivity index (χ1v) is 8.16. The van der Waals surface area contributed by atoms with Gasteiger partial charge in [0.05, 0.1) is 17.8 Å². The number of carbonyl (C=O) groups excluding carboxylic acids is 1. The zero-order valence-corrected chi connectivity index (χ0v) is 13.8. The first kappa shape index (κ1) is 15.7. The van der Waals surface area contributed by atoms with E-state index in [9.17, 15) is 4.79 Å². The van der Waals surface area contributed by atoms with E-state index in [-0.39, 0.29) is 5.91 Å². The van der Waals surface area contributed by atoms with Gasteiger partial charge in [-0.3, -0.25) is 9.78 Å². The second-order valence-corrected chi connectivity index (χ2v) is 6.33. The molecule has 3 heterocycles. The van der Waals surface area contributed by atoms with Crippen molar-refractivity contribution in [2.45, 2.75) is 26.8 Å². The van der Waals surface area contributed by atoms with Gasteiger partial charge >= 0.3 is 0 Å². The highest BCUT2D eigenvalue weighted by Crippen LogP contribution is 2.22. The fraction of sp³-hybridized carbons (Fsp3) is 0.444. The van der Waals surface area contributed by atoms with E-state index >= 15 is 0 Å². The molecule has 1 aliphatic rings. The normalized spacial score (nSPS) is 17.7. The molecule has 2 aromatic rings. The molecule has 1 unspecified atom stereocenters. The number of aromatic nitrogens is 2. The van der Waals surface area contributed by atoms with Crippen LogP contribution < -0.4 is 5.73 Å². The molecule has 2 aromatic heterocycles. The van der Waals surface area contributed by atoms with E-state index in [4.69, 9.17) is 5.73 Å². The van der Waals surface area contributed by atoms with E-state index < -0.39 is 0 Å². The lowest BCUT2D eigenvalue weighted by Crippen LogP contribution is -2.30. The molecule has 0 radical (unpaired) electrons. The van der Waals surface area contributed by atoms with Crippen LogP contribution in [0.15, 0.2) is 30.5 Å². The summed E-state index contributed by atoms with van der Waals surface area (Å²) in [6, 6.07) is 7.90. The lowest BCUT2D eigenvalue weighted by molar-refractivity contribution is 0.0787. The predicted octanol–water partition coefficient (Wildman–Crippen LogP) is 1.97. The molecule has 1 aliphatic heterocycles. The third-order valence-electron chi connectivity index (χ3n) is 4.76. The van der Waals surface area contributed by atoms with Gasteiger partial charge in [-0.15, -0.1) is 0 Å². The Balaban J connectivity index is 1.82. The Bertz CT molecular complexity index is 693. The van der Waals surface area contributed by atoms with Gasteiger partial charge in [0.1, 0.15) is 0 Å². The minimum atomic E-state index is 0.126. The topological polar surface area (TPSA) is 64.2 Å². The largest absolute Gasteiger partial charge is 0.342 e. The van der Waals surface area contributed by atoms with Gasteiger partial charge in [-0.2, -0.15) is 0 Å². The summed E-state index contributed by atoms with van der Waals surface area (Å²) in [7, 11) is 0. The van der Waals surface area contributed by atoms with Crippen LogP contribution in [-0.4, -0.2) is 40.0 Å². The summed E-state index contributed by atoms with van der Waals surface area (Å²) in [6.45, 7) is 6.99. The highest BCUT2D eigenvalue weighted by molar-refractivity contribution is 5.96. The van der Waals surface area contributed by atoms with Gasteiger partial charge in [-0.05, 0) is 50.9 Å². The Kier molecular flexibility index (Phi) is 4.48. The molecule has 0 aromatic carbocycles. The van der Waals surface area contributed by atoms with E-state index in [0.717, 1.165) is 42.2 Å². The number of aryl methyl sites for hydroxylation is 1. The number of pyridine rings is 1. The molecule has 3 rings (SSSR count). The summed E-state index contributed by atoms with van der Waals surface area (Å²) < 4.78 is 2.16. The molecule has 5 heteroatoms. The van der Waals surface area contributed by atoms with Crippen LogP contribution in [0.4, 0.5) is 0 Å². The maximum Gasteiger partial charge on any atom is 0.255 e. The van der Waals surface area contributed by atoms with Crippen molar-refractivity contribution >= 4 is 5.91 Å². The minimum Gasteiger partial charge on any atom is -0.342 e. The van der Waals surface area contributed by atoms with Crippen molar-refractivity contribution in [3.05, 3.63) is 53.1 Å². The van der Waals surface area contributed by atoms with Crippen molar-refractivity contribution in [3.63, 3.8) is 0 Å². The summed E-state index contributed by atoms with van der Waals surface area (Å²) in [5, 5.41) is 0. The van der Waals surface area contributed by atoms with Crippen molar-refractivity contribution in [2.24, 2.45) is 11.7 Å². The third kappa shape index (κ3) is 3.15. The predicted molar refractivity (Wildman–Crippen MR) is 90.3 cm³/mol. The first-order chi connectivity index (χ1) is 11.1. The smallest absolute Gasteiger partial charge is 0.255 e. The second-order valence-electron chi connectivity index (χ2n) is 6.33. The SMILES string of the molecule is Cc1cc(C(=O)N2CCC(CN)C2)c(C)n1Cc1ccccn1. The number of amides is 1. The number of hydrogen-bond acceptors (Lipinski definition) is 3. The van der Waals surface area contributed by atoms with Gasteiger partial charge in [0.15, 0.2) is 0 Å². The van der Waals surface area contributed by atoms with E-state index in [1.165, 1.54) is 0 Å². The van der Waals surface area contributed by atoms with Gasteiger partial charge < -0.3 is 15.2 Å². The molecule has 1 saturated heterocycles. The molecule has 0 bridgehead atoms. The van der Waals surface area contributed by atoms with E-state index in [0.29, 0.717) is 19.0 Å². The zero-order chi connectivity index (χ0) is 16.4. The lowest BCUT2D eigenvalue weighted by Gasteiger charge is -2.16. The van der Waals surface area contributed by atoms with Crippen molar-refractivity contribution in [1.82, 2.24) is 14.5 Å². The number of nitrogens with two attached hydrogens (primary N) is 1. The molecule has 2 N–H and O–H groups in total. The van der Waals surface area contributed by atoms with Crippen molar-refractivity contribution in [3.8, 4) is 0 Å². The van der Waals surface area contributed by atoms with Crippen LogP contribution in [-0.2, 0) is 6.54 Å². The molecule has 0 spiro atoms. The fourth-order valence-corrected chi connectivity index (χ4v) is 3.29. The molecule has 0 aliphatic carbocycles. The summed E-state index contributed by atoms with van der Waals surface area (Å²) in [6.07, 6.45) is 2.81. The van der Waals surface area contributed by atoms with Crippen LogP contribution >= 0.6 is 0 Å². The molecule has 0 saturated carbocycles. The number of likely N-dealkylation sites (tertiary alicyclic amines) is 1. The Hall–Kier alpha value is -2.14. The zero-order valence-electron chi connectivity index (χ0n) is 13.8. The number of nitrogens with zero attached hydrogens (tertiary/aromatic N) is 3. The Morgan fingerprint density at radius 2 is 2.22 bits per heavy atom. The average molecular weight is 312 g/mol. The maximum absolute atomic E-state index is 12.8. The van der Waals surface area contributed by atoms with Gasteiger partial charge in [-0.1, -0.05) is 6.07 Å². The summed E-state index contributed by atoms with van der Waals surface area (Å²) in [5.41, 5.74) is 9.63. The number of rotatable bonds is 4. The van der Waals surface area contributed by atoms with Crippen molar-refractivity contribution in [1.29, 1.82) is 0 Å². The van der Waals surface area contributed by atoms with Crippen LogP contribution in [0.3, 0.4) is 0 Å². The molecule has 1 atom stereocenters. The van der Waals surface area contributed by atoms with Crippen LogP contribution in [0.2, 0.25) is 0 Å². The Morgan fingerprint density at radius 1 is 1.39 bits per heavy atom. The number of hydrogen-bond donors (Lipinski definition) is 1. The second kappa shape index (κ2) is 6.54. The van der Waals surface area contributed by atoms with Crippen LogP contribution in [0.5, 0.6) is 0 Å². The lowest BCUT2D eigenvalue weighted by atomic mass is 10.1. The van der Waals surface area contributed by atoms with E-state index in [2.05, 4.69) is 9.55 Å². The van der Waals surface area contributed by atoms with E-state index in [1.54, 1.807) is 6.20 Å². The van der Waals surface area contributed by atoms with Gasteiger partial charge in [0.25, 0.3) is 5.91 Å². The summed E-state index contributed by atoms with van der Waals surface area (Å²) >= 11 is 0. The molecular formula is C18H24N4O. The molecular weight excluding hydrogens is 288 g/mol. The fourth-order valence-electron chi connectivity index (χ4n) is 3.29. The average Bonchev–Trinajstić information content (AvgIpc) is 3.15. The van der Waals surface area contributed by atoms with Crippen LogP contribution in [0.25, 0.3) is 0 Å². The highest BCUT2D eigenvalue weighted by Gasteiger charge is 2.28. The highest BCUT2D eigenvalue weighted by atomic mass is 16.2. The third-order valence-corrected chi connectivity index (χ3v) is 4.76. The Labute approximate surface area is 137 Å². The van der Waals surface area contributed by atoms with E-state index in [1.807, 2.05) is 43.0 Å². The monoisotopic (exact) mass is 312 g/mol. The van der Waals surface area contributed by atoms with Crippen LogP contribution in [0.1, 0.15) is 33.9 Å². The first-order valence-electron chi connectivity index (χ1n) is 8.16. The van der Waals surface area contributed by atoms with Gasteiger partial charge in [0.2, 0.25) is 0 Å². The summed E-state index contributed by atoms with van der Waals surface area (Å²) in [5.74, 6) is 0.567. The van der Waals surface area contributed by atoms with Gasteiger partial charge in [0, 0.05) is 30.7 Å². The number of carbonyl (C=O) groups is 1.